The minimum Gasteiger partial charge on any atom is -0.508 e. The number of hydrogen-bond acceptors (Lipinski definition) is 3. The summed E-state index contributed by atoms with van der Waals surface area (Å²) in [7, 11) is 0. The summed E-state index contributed by atoms with van der Waals surface area (Å²) in [5, 5.41) is 9.69. The standard InChI is InChI=1S/C13H19NO2/c1-9(2)8-16-14-12-7-6-11-10(12)4-3-5-13(11)15/h3-5,9,12,14-15H,6-8H2,1-2H3. The number of phenolic OH excluding ortho intramolecular Hbond substituents is 1. The summed E-state index contributed by atoms with van der Waals surface area (Å²) < 4.78 is 0. The Morgan fingerprint density at radius 1 is 1.50 bits per heavy atom. The van der Waals surface area contributed by atoms with Gasteiger partial charge in [0.15, 0.2) is 0 Å². The minimum atomic E-state index is 0.223. The van der Waals surface area contributed by atoms with E-state index in [9.17, 15) is 5.11 Å². The van der Waals surface area contributed by atoms with Crippen molar-refractivity contribution in [2.45, 2.75) is 32.7 Å². The summed E-state index contributed by atoms with van der Waals surface area (Å²) in [5.41, 5.74) is 5.32. The summed E-state index contributed by atoms with van der Waals surface area (Å²) in [6.07, 6.45) is 1.91. The maximum atomic E-state index is 9.69. The van der Waals surface area contributed by atoms with E-state index >= 15 is 0 Å². The molecule has 1 aromatic carbocycles. The van der Waals surface area contributed by atoms with Gasteiger partial charge >= 0.3 is 0 Å². The number of hydroxylamine groups is 1. The molecule has 2 N–H and O–H groups in total. The van der Waals surface area contributed by atoms with Crippen LogP contribution in [0.5, 0.6) is 5.75 Å². The van der Waals surface area contributed by atoms with Gasteiger partial charge < -0.3 is 9.94 Å². The lowest BCUT2D eigenvalue weighted by atomic mass is 10.1. The minimum absolute atomic E-state index is 0.223. The third-order valence-corrected chi connectivity index (χ3v) is 2.89. The zero-order valence-electron chi connectivity index (χ0n) is 9.86. The Labute approximate surface area is 96.4 Å². The monoisotopic (exact) mass is 221 g/mol. The van der Waals surface area contributed by atoms with E-state index in [0.29, 0.717) is 18.3 Å². The molecule has 2 rings (SSSR count). The Hall–Kier alpha value is -1.06. The predicted molar refractivity (Wildman–Crippen MR) is 63.1 cm³/mol. The molecule has 0 aliphatic heterocycles. The highest BCUT2D eigenvalue weighted by atomic mass is 16.6. The van der Waals surface area contributed by atoms with E-state index in [-0.39, 0.29) is 6.04 Å². The number of phenols is 1. The first-order chi connectivity index (χ1) is 7.68. The molecule has 0 saturated carbocycles. The molecule has 1 unspecified atom stereocenters. The normalized spacial score (nSPS) is 19.1. The van der Waals surface area contributed by atoms with Crippen LogP contribution in [0, 0.1) is 5.92 Å². The SMILES string of the molecule is CC(C)CONC1CCc2c(O)cccc21. The van der Waals surface area contributed by atoms with Gasteiger partial charge in [0.25, 0.3) is 0 Å². The fourth-order valence-electron chi connectivity index (χ4n) is 2.07. The molecule has 0 amide bonds. The molecule has 0 spiro atoms. The molecule has 88 valence electrons. The van der Waals surface area contributed by atoms with Gasteiger partial charge in [0, 0.05) is 0 Å². The number of nitrogens with one attached hydrogen (secondary N) is 1. The van der Waals surface area contributed by atoms with Crippen molar-refractivity contribution in [2.75, 3.05) is 6.61 Å². The highest BCUT2D eigenvalue weighted by molar-refractivity contribution is 5.43. The molecule has 0 bridgehead atoms. The van der Waals surface area contributed by atoms with Crippen LogP contribution in [0.25, 0.3) is 0 Å². The van der Waals surface area contributed by atoms with E-state index in [1.54, 1.807) is 6.07 Å². The van der Waals surface area contributed by atoms with Crippen LogP contribution in [0.1, 0.15) is 37.4 Å². The maximum Gasteiger partial charge on any atom is 0.119 e. The Bertz CT molecular complexity index is 363. The molecule has 3 heteroatoms. The van der Waals surface area contributed by atoms with Crippen molar-refractivity contribution < 1.29 is 9.94 Å². The van der Waals surface area contributed by atoms with Gasteiger partial charge in [-0.05, 0) is 36.0 Å². The van der Waals surface area contributed by atoms with E-state index in [2.05, 4.69) is 25.4 Å². The number of hydrogen-bond donors (Lipinski definition) is 2. The van der Waals surface area contributed by atoms with Crippen LogP contribution in [0.15, 0.2) is 18.2 Å². The molecular formula is C13H19NO2. The van der Waals surface area contributed by atoms with Gasteiger partial charge in [0.05, 0.1) is 12.6 Å². The van der Waals surface area contributed by atoms with Crippen molar-refractivity contribution in [2.24, 2.45) is 5.92 Å². The van der Waals surface area contributed by atoms with Gasteiger partial charge in [-0.3, -0.25) is 0 Å². The van der Waals surface area contributed by atoms with Crippen molar-refractivity contribution in [1.29, 1.82) is 0 Å². The topological polar surface area (TPSA) is 41.5 Å². The smallest absolute Gasteiger partial charge is 0.119 e. The summed E-state index contributed by atoms with van der Waals surface area (Å²) in [5.74, 6) is 0.934. The van der Waals surface area contributed by atoms with Crippen molar-refractivity contribution in [3.8, 4) is 5.75 Å². The second-order valence-electron chi connectivity index (χ2n) is 4.76. The predicted octanol–water partition coefficient (Wildman–Crippen LogP) is 2.56. The lowest BCUT2D eigenvalue weighted by Crippen LogP contribution is -2.22. The van der Waals surface area contributed by atoms with Crippen LogP contribution in [0.2, 0.25) is 0 Å². The highest BCUT2D eigenvalue weighted by Crippen LogP contribution is 2.36. The first-order valence-electron chi connectivity index (χ1n) is 5.86. The first kappa shape index (κ1) is 11.4. The van der Waals surface area contributed by atoms with E-state index in [1.165, 1.54) is 5.56 Å². The third kappa shape index (κ3) is 2.36. The average Bonchev–Trinajstić information content (AvgIpc) is 2.63. The molecular weight excluding hydrogens is 202 g/mol. The van der Waals surface area contributed by atoms with Crippen LogP contribution >= 0.6 is 0 Å². The van der Waals surface area contributed by atoms with Crippen molar-refractivity contribution in [3.63, 3.8) is 0 Å². The third-order valence-electron chi connectivity index (χ3n) is 2.89. The molecule has 1 atom stereocenters. The van der Waals surface area contributed by atoms with Crippen LogP contribution < -0.4 is 5.48 Å². The highest BCUT2D eigenvalue weighted by Gasteiger charge is 2.24. The van der Waals surface area contributed by atoms with Crippen LogP contribution in [0.4, 0.5) is 0 Å². The fraction of sp³-hybridized carbons (Fsp3) is 0.538. The van der Waals surface area contributed by atoms with E-state index in [4.69, 9.17) is 4.84 Å². The number of aromatic hydroxyl groups is 1. The summed E-state index contributed by atoms with van der Waals surface area (Å²) in [6.45, 7) is 4.96. The summed E-state index contributed by atoms with van der Waals surface area (Å²) in [4.78, 5) is 5.44. The number of benzene rings is 1. The van der Waals surface area contributed by atoms with Gasteiger partial charge in [-0.2, -0.15) is 5.48 Å². The largest absolute Gasteiger partial charge is 0.508 e. The van der Waals surface area contributed by atoms with E-state index in [1.807, 2.05) is 6.07 Å². The molecule has 1 aromatic rings. The second kappa shape index (κ2) is 4.85. The first-order valence-corrected chi connectivity index (χ1v) is 5.86. The zero-order chi connectivity index (χ0) is 11.5. The lowest BCUT2D eigenvalue weighted by Gasteiger charge is -2.15. The van der Waals surface area contributed by atoms with Crippen LogP contribution in [-0.2, 0) is 11.3 Å². The summed E-state index contributed by atoms with van der Waals surface area (Å²) >= 11 is 0. The Morgan fingerprint density at radius 2 is 2.31 bits per heavy atom. The zero-order valence-corrected chi connectivity index (χ0v) is 9.86. The van der Waals surface area contributed by atoms with Crippen molar-refractivity contribution in [3.05, 3.63) is 29.3 Å². The second-order valence-corrected chi connectivity index (χ2v) is 4.76. The molecule has 0 aromatic heterocycles. The van der Waals surface area contributed by atoms with Gasteiger partial charge in [-0.1, -0.05) is 26.0 Å². The molecule has 0 fully saturated rings. The lowest BCUT2D eigenvalue weighted by molar-refractivity contribution is 0.000635. The summed E-state index contributed by atoms with van der Waals surface area (Å²) in [6, 6.07) is 5.91. The van der Waals surface area contributed by atoms with E-state index < -0.39 is 0 Å². The van der Waals surface area contributed by atoms with Crippen LogP contribution in [-0.4, -0.2) is 11.7 Å². The van der Waals surface area contributed by atoms with Crippen LogP contribution in [0.3, 0.4) is 0 Å². The number of fused-ring (bicyclic) bond motifs is 1. The van der Waals surface area contributed by atoms with Crippen molar-refractivity contribution >= 4 is 0 Å². The molecule has 16 heavy (non-hydrogen) atoms. The van der Waals surface area contributed by atoms with Gasteiger partial charge in [-0.25, -0.2) is 0 Å². The Kier molecular flexibility index (Phi) is 3.46. The molecule has 3 nitrogen and oxygen atoms in total. The average molecular weight is 221 g/mol. The van der Waals surface area contributed by atoms with Gasteiger partial charge in [0.1, 0.15) is 5.75 Å². The quantitative estimate of drug-likeness (QED) is 0.768. The number of rotatable bonds is 4. The maximum absolute atomic E-state index is 9.69. The molecule has 0 saturated heterocycles. The van der Waals surface area contributed by atoms with Gasteiger partial charge in [-0.15, -0.1) is 0 Å². The Balaban J connectivity index is 1.98. The van der Waals surface area contributed by atoms with Gasteiger partial charge in [0.2, 0.25) is 0 Å². The molecule has 1 aliphatic carbocycles. The molecule has 0 heterocycles. The molecule has 1 aliphatic rings. The fourth-order valence-corrected chi connectivity index (χ4v) is 2.07. The van der Waals surface area contributed by atoms with E-state index in [0.717, 1.165) is 18.4 Å². The Morgan fingerprint density at radius 3 is 3.06 bits per heavy atom. The van der Waals surface area contributed by atoms with Crippen molar-refractivity contribution in [1.82, 2.24) is 5.48 Å². The molecule has 0 radical (unpaired) electrons.